The molecular formula is C18H22FNO4. The number of benzene rings is 1. The second kappa shape index (κ2) is 7.20. The lowest BCUT2D eigenvalue weighted by molar-refractivity contribution is -0.161. The Labute approximate surface area is 140 Å². The molecule has 6 heteroatoms. The molecule has 1 amide bonds. The minimum absolute atomic E-state index is 0.127. The van der Waals surface area contributed by atoms with Gasteiger partial charge in [0.15, 0.2) is 0 Å². The zero-order chi connectivity index (χ0) is 17.1. The summed E-state index contributed by atoms with van der Waals surface area (Å²) >= 11 is 0. The van der Waals surface area contributed by atoms with Crippen LogP contribution >= 0.6 is 0 Å². The van der Waals surface area contributed by atoms with Gasteiger partial charge in [-0.2, -0.15) is 0 Å². The molecule has 2 saturated heterocycles. The normalized spacial score (nSPS) is 28.5. The predicted molar refractivity (Wildman–Crippen MR) is 84.9 cm³/mol. The molecule has 1 aromatic carbocycles. The number of amides is 1. The molecule has 2 aliphatic heterocycles. The lowest BCUT2D eigenvalue weighted by atomic mass is 9.73. The van der Waals surface area contributed by atoms with Gasteiger partial charge in [-0.05, 0) is 31.7 Å². The highest BCUT2D eigenvalue weighted by molar-refractivity contribution is 5.82. The van der Waals surface area contributed by atoms with Gasteiger partial charge in [-0.25, -0.2) is 14.0 Å². The molecule has 130 valence electrons. The summed E-state index contributed by atoms with van der Waals surface area (Å²) in [6.45, 7) is 2.03. The lowest BCUT2D eigenvalue weighted by Crippen LogP contribution is -2.64. The number of esters is 1. The highest BCUT2D eigenvalue weighted by Gasteiger charge is 2.53. The molecule has 5 nitrogen and oxygen atoms in total. The number of piperidine rings is 2. The topological polar surface area (TPSA) is 55.8 Å². The van der Waals surface area contributed by atoms with Gasteiger partial charge in [0.25, 0.3) is 0 Å². The Kier molecular flexibility index (Phi) is 5.02. The van der Waals surface area contributed by atoms with Crippen LogP contribution in [0.5, 0.6) is 0 Å². The maximum atomic E-state index is 14.2. The molecule has 0 spiro atoms. The SMILES string of the molecule is CCOC(=O)[C@@H]1[C@@H]2CC[C@H](C[C@@H]2F)N1C(=O)OCc1ccccc1. The van der Waals surface area contributed by atoms with Crippen molar-refractivity contribution in [2.45, 2.75) is 51.0 Å². The second-order valence-corrected chi connectivity index (χ2v) is 6.29. The lowest BCUT2D eigenvalue weighted by Gasteiger charge is -2.50. The van der Waals surface area contributed by atoms with E-state index in [-0.39, 0.29) is 25.7 Å². The van der Waals surface area contributed by atoms with Crippen LogP contribution in [0, 0.1) is 5.92 Å². The van der Waals surface area contributed by atoms with E-state index in [1.807, 2.05) is 30.3 Å². The first-order valence-corrected chi connectivity index (χ1v) is 8.41. The molecule has 0 unspecified atom stereocenters. The Morgan fingerprint density at radius 2 is 1.96 bits per heavy atom. The van der Waals surface area contributed by atoms with E-state index in [1.165, 1.54) is 4.90 Å². The van der Waals surface area contributed by atoms with Gasteiger partial charge in [-0.3, -0.25) is 4.90 Å². The molecule has 4 rings (SSSR count). The van der Waals surface area contributed by atoms with E-state index in [0.717, 1.165) is 5.56 Å². The highest BCUT2D eigenvalue weighted by Crippen LogP contribution is 2.42. The highest BCUT2D eigenvalue weighted by atomic mass is 19.1. The van der Waals surface area contributed by atoms with Crippen LogP contribution in [0.2, 0.25) is 0 Å². The number of rotatable bonds is 4. The summed E-state index contributed by atoms with van der Waals surface area (Å²) in [4.78, 5) is 26.3. The third kappa shape index (κ3) is 3.23. The Morgan fingerprint density at radius 3 is 2.62 bits per heavy atom. The van der Waals surface area contributed by atoms with E-state index < -0.39 is 30.2 Å². The van der Waals surface area contributed by atoms with Crippen LogP contribution in [-0.4, -0.2) is 41.8 Å². The number of carbonyl (C=O) groups excluding carboxylic acids is 2. The van der Waals surface area contributed by atoms with Gasteiger partial charge in [0.1, 0.15) is 18.8 Å². The quantitative estimate of drug-likeness (QED) is 0.794. The molecular weight excluding hydrogens is 313 g/mol. The van der Waals surface area contributed by atoms with Crippen molar-refractivity contribution in [2.75, 3.05) is 6.61 Å². The standard InChI is InChI=1S/C18H22FNO4/c1-2-23-17(21)16-14-9-8-13(10-15(14)19)20(16)18(22)24-11-12-6-4-3-5-7-12/h3-7,13-16H,2,8-11H2,1H3/t13-,14-,15+,16+/m1/s1. The van der Waals surface area contributed by atoms with E-state index in [0.29, 0.717) is 12.8 Å². The third-order valence-electron chi connectivity index (χ3n) is 4.84. The number of hydrogen-bond acceptors (Lipinski definition) is 4. The van der Waals surface area contributed by atoms with Crippen LogP contribution in [-0.2, 0) is 20.9 Å². The van der Waals surface area contributed by atoms with Crippen molar-refractivity contribution >= 4 is 12.1 Å². The number of alkyl halides is 1. The van der Waals surface area contributed by atoms with Crippen molar-refractivity contribution in [1.82, 2.24) is 4.90 Å². The van der Waals surface area contributed by atoms with Gasteiger partial charge in [0.2, 0.25) is 0 Å². The average Bonchev–Trinajstić information content (AvgIpc) is 2.60. The zero-order valence-corrected chi connectivity index (χ0v) is 13.7. The summed E-state index contributed by atoms with van der Waals surface area (Å²) < 4.78 is 24.7. The Morgan fingerprint density at radius 1 is 1.21 bits per heavy atom. The molecule has 2 bridgehead atoms. The molecule has 2 heterocycles. The van der Waals surface area contributed by atoms with Crippen LogP contribution < -0.4 is 0 Å². The number of hydrogen-bond donors (Lipinski definition) is 0. The third-order valence-corrected chi connectivity index (χ3v) is 4.84. The summed E-state index contributed by atoms with van der Waals surface area (Å²) in [7, 11) is 0. The monoisotopic (exact) mass is 335 g/mol. The van der Waals surface area contributed by atoms with Crippen molar-refractivity contribution in [2.24, 2.45) is 5.92 Å². The van der Waals surface area contributed by atoms with Gasteiger partial charge in [0, 0.05) is 12.0 Å². The fourth-order valence-electron chi connectivity index (χ4n) is 3.73. The fraction of sp³-hybridized carbons (Fsp3) is 0.556. The Hall–Kier alpha value is -2.11. The van der Waals surface area contributed by atoms with E-state index in [1.54, 1.807) is 6.92 Å². The van der Waals surface area contributed by atoms with Crippen LogP contribution in [0.4, 0.5) is 9.18 Å². The molecule has 3 aliphatic rings. The first-order valence-electron chi connectivity index (χ1n) is 8.41. The average molecular weight is 335 g/mol. The van der Waals surface area contributed by atoms with Crippen molar-refractivity contribution < 1.29 is 23.5 Å². The number of ether oxygens (including phenoxy) is 2. The van der Waals surface area contributed by atoms with Gasteiger partial charge in [0.05, 0.1) is 6.61 Å². The van der Waals surface area contributed by atoms with Gasteiger partial charge >= 0.3 is 12.1 Å². The van der Waals surface area contributed by atoms with Crippen molar-refractivity contribution in [1.29, 1.82) is 0 Å². The van der Waals surface area contributed by atoms with Crippen LogP contribution in [0.1, 0.15) is 31.7 Å². The molecule has 0 N–H and O–H groups in total. The summed E-state index contributed by atoms with van der Waals surface area (Å²) in [6, 6.07) is 8.14. The van der Waals surface area contributed by atoms with Crippen LogP contribution in [0.15, 0.2) is 30.3 Å². The van der Waals surface area contributed by atoms with Gasteiger partial charge in [-0.1, -0.05) is 30.3 Å². The fourth-order valence-corrected chi connectivity index (χ4v) is 3.73. The number of fused-ring (bicyclic) bond motifs is 3. The van der Waals surface area contributed by atoms with Gasteiger partial charge in [-0.15, -0.1) is 0 Å². The summed E-state index contributed by atoms with van der Waals surface area (Å²) in [5, 5.41) is 0. The second-order valence-electron chi connectivity index (χ2n) is 6.29. The maximum Gasteiger partial charge on any atom is 0.411 e. The number of carbonyl (C=O) groups is 2. The van der Waals surface area contributed by atoms with Crippen LogP contribution in [0.25, 0.3) is 0 Å². The first kappa shape index (κ1) is 16.7. The minimum atomic E-state index is -1.07. The van der Waals surface area contributed by atoms with Crippen molar-refractivity contribution in [3.8, 4) is 0 Å². The van der Waals surface area contributed by atoms with Crippen LogP contribution in [0.3, 0.4) is 0 Å². The molecule has 1 aliphatic carbocycles. The summed E-state index contributed by atoms with van der Waals surface area (Å²) in [5.41, 5.74) is 0.865. The minimum Gasteiger partial charge on any atom is -0.464 e. The predicted octanol–water partition coefficient (Wildman–Crippen LogP) is 3.08. The molecule has 1 aromatic rings. The largest absolute Gasteiger partial charge is 0.464 e. The number of nitrogens with zero attached hydrogens (tertiary/aromatic N) is 1. The van der Waals surface area contributed by atoms with Crippen molar-refractivity contribution in [3.05, 3.63) is 35.9 Å². The smallest absolute Gasteiger partial charge is 0.411 e. The van der Waals surface area contributed by atoms with E-state index in [2.05, 4.69) is 0 Å². The van der Waals surface area contributed by atoms with E-state index >= 15 is 0 Å². The first-order chi connectivity index (χ1) is 11.6. The molecule has 4 atom stereocenters. The summed E-state index contributed by atoms with van der Waals surface area (Å²) in [6.07, 6.45) is -0.0879. The summed E-state index contributed by atoms with van der Waals surface area (Å²) in [5.74, 6) is -1.04. The van der Waals surface area contributed by atoms with E-state index in [9.17, 15) is 14.0 Å². The molecule has 0 aromatic heterocycles. The van der Waals surface area contributed by atoms with Crippen molar-refractivity contribution in [3.63, 3.8) is 0 Å². The Bertz CT molecular complexity index is 594. The molecule has 24 heavy (non-hydrogen) atoms. The number of halogens is 1. The molecule has 1 saturated carbocycles. The zero-order valence-electron chi connectivity index (χ0n) is 13.7. The molecule has 3 fully saturated rings. The Balaban J connectivity index is 1.73. The molecule has 0 radical (unpaired) electrons. The maximum absolute atomic E-state index is 14.2. The van der Waals surface area contributed by atoms with E-state index in [4.69, 9.17) is 9.47 Å². The van der Waals surface area contributed by atoms with Gasteiger partial charge < -0.3 is 9.47 Å².